The van der Waals surface area contributed by atoms with Gasteiger partial charge in [-0.2, -0.15) is 0 Å². The summed E-state index contributed by atoms with van der Waals surface area (Å²) in [6.45, 7) is 0.196. The van der Waals surface area contributed by atoms with E-state index in [4.69, 9.17) is 9.83 Å². The average Bonchev–Trinajstić information content (AvgIpc) is 2.86. The highest BCUT2D eigenvalue weighted by Gasteiger charge is 2.11. The van der Waals surface area contributed by atoms with Crippen LogP contribution in [0, 0.1) is 5.41 Å². The molecule has 0 saturated carbocycles. The first-order valence-corrected chi connectivity index (χ1v) is 5.08. The van der Waals surface area contributed by atoms with Crippen LogP contribution in [0.3, 0.4) is 0 Å². The van der Waals surface area contributed by atoms with Gasteiger partial charge in [0.2, 0.25) is 0 Å². The summed E-state index contributed by atoms with van der Waals surface area (Å²) in [4.78, 5) is 15.5. The lowest BCUT2D eigenvalue weighted by Gasteiger charge is -1.98. The van der Waals surface area contributed by atoms with Crippen molar-refractivity contribution in [1.29, 1.82) is 5.41 Å². The van der Waals surface area contributed by atoms with Gasteiger partial charge in [0, 0.05) is 24.2 Å². The molecule has 0 bridgehead atoms. The Labute approximate surface area is 98.0 Å². The van der Waals surface area contributed by atoms with Crippen molar-refractivity contribution in [3.8, 4) is 11.3 Å². The van der Waals surface area contributed by atoms with E-state index in [-0.39, 0.29) is 18.2 Å². The van der Waals surface area contributed by atoms with E-state index in [0.29, 0.717) is 5.76 Å². The van der Waals surface area contributed by atoms with Crippen LogP contribution in [0.1, 0.15) is 10.6 Å². The van der Waals surface area contributed by atoms with Crippen molar-refractivity contribution >= 4 is 12.1 Å². The van der Waals surface area contributed by atoms with Crippen LogP contribution in [0.5, 0.6) is 0 Å². The lowest BCUT2D eigenvalue weighted by atomic mass is 10.2. The zero-order chi connectivity index (χ0) is 12.1. The first-order valence-electron chi connectivity index (χ1n) is 5.08. The maximum atomic E-state index is 11.5. The second-order valence-corrected chi connectivity index (χ2v) is 3.32. The van der Waals surface area contributed by atoms with Crippen molar-refractivity contribution in [2.24, 2.45) is 0 Å². The van der Waals surface area contributed by atoms with Gasteiger partial charge < -0.3 is 15.1 Å². The molecule has 2 rings (SSSR count). The smallest absolute Gasteiger partial charge is 0.287 e. The molecule has 0 saturated heterocycles. The fourth-order valence-electron chi connectivity index (χ4n) is 1.35. The van der Waals surface area contributed by atoms with E-state index >= 15 is 0 Å². The van der Waals surface area contributed by atoms with Gasteiger partial charge in [0.25, 0.3) is 5.91 Å². The van der Waals surface area contributed by atoms with Gasteiger partial charge in [0.15, 0.2) is 5.76 Å². The number of rotatable bonds is 4. The van der Waals surface area contributed by atoms with Gasteiger partial charge >= 0.3 is 0 Å². The van der Waals surface area contributed by atoms with E-state index in [1.807, 2.05) is 6.07 Å². The second-order valence-electron chi connectivity index (χ2n) is 3.32. The topological polar surface area (TPSA) is 79.0 Å². The molecule has 2 N–H and O–H groups in total. The molecule has 0 aromatic carbocycles. The minimum absolute atomic E-state index is 0.196. The van der Waals surface area contributed by atoms with Gasteiger partial charge in [-0.1, -0.05) is 0 Å². The second kappa shape index (κ2) is 5.07. The summed E-state index contributed by atoms with van der Waals surface area (Å²) in [5.74, 6) is 0.493. The van der Waals surface area contributed by atoms with Crippen LogP contribution in [0.15, 0.2) is 41.1 Å². The molecule has 0 atom stereocenters. The van der Waals surface area contributed by atoms with Crippen LogP contribution in [0.25, 0.3) is 11.3 Å². The number of carbonyl (C=O) groups excluding carboxylic acids is 1. The van der Waals surface area contributed by atoms with Crippen LogP contribution >= 0.6 is 0 Å². The van der Waals surface area contributed by atoms with Crippen LogP contribution in [0.2, 0.25) is 0 Å². The molecule has 5 heteroatoms. The molecule has 2 heterocycles. The Balaban J connectivity index is 2.16. The van der Waals surface area contributed by atoms with Crippen LogP contribution in [0.4, 0.5) is 0 Å². The lowest BCUT2D eigenvalue weighted by Crippen LogP contribution is -2.24. The minimum atomic E-state index is -0.330. The largest absolute Gasteiger partial charge is 0.451 e. The van der Waals surface area contributed by atoms with Crippen molar-refractivity contribution in [2.45, 2.75) is 0 Å². The highest BCUT2D eigenvalue weighted by Crippen LogP contribution is 2.20. The van der Waals surface area contributed by atoms with Crippen molar-refractivity contribution in [3.63, 3.8) is 0 Å². The molecule has 5 nitrogen and oxygen atoms in total. The van der Waals surface area contributed by atoms with Gasteiger partial charge in [0.1, 0.15) is 5.76 Å². The Hall–Kier alpha value is -2.43. The minimum Gasteiger partial charge on any atom is -0.451 e. The Bertz CT molecular complexity index is 520. The number of amides is 1. The molecule has 0 aliphatic heterocycles. The monoisotopic (exact) mass is 229 g/mol. The molecule has 1 amide bonds. The molecule has 2 aromatic heterocycles. The fourth-order valence-corrected chi connectivity index (χ4v) is 1.35. The maximum Gasteiger partial charge on any atom is 0.287 e. The molecule has 17 heavy (non-hydrogen) atoms. The number of aromatic nitrogens is 1. The van der Waals surface area contributed by atoms with Crippen LogP contribution in [-0.2, 0) is 0 Å². The standard InChI is InChI=1S/C12H11N3O2/c13-5-7-15-12(16)11-4-3-10(17-11)9-2-1-6-14-8-9/h1-6,8,13H,7H2,(H,15,16). The number of nitrogens with zero attached hydrogens (tertiary/aromatic N) is 1. The highest BCUT2D eigenvalue weighted by molar-refractivity contribution is 5.93. The molecule has 2 aromatic rings. The van der Waals surface area contributed by atoms with Crippen molar-refractivity contribution in [1.82, 2.24) is 10.3 Å². The van der Waals surface area contributed by atoms with Crippen molar-refractivity contribution in [3.05, 3.63) is 42.4 Å². The Kier molecular flexibility index (Phi) is 3.30. The van der Waals surface area contributed by atoms with E-state index in [1.54, 1.807) is 30.6 Å². The number of nitrogens with one attached hydrogen (secondary N) is 2. The number of hydrogen-bond acceptors (Lipinski definition) is 4. The number of hydrogen-bond donors (Lipinski definition) is 2. The maximum absolute atomic E-state index is 11.5. The summed E-state index contributed by atoms with van der Waals surface area (Å²) < 4.78 is 5.40. The van der Waals surface area contributed by atoms with E-state index in [1.165, 1.54) is 0 Å². The molecule has 0 spiro atoms. The van der Waals surface area contributed by atoms with Gasteiger partial charge in [-0.25, -0.2) is 0 Å². The summed E-state index contributed by atoms with van der Waals surface area (Å²) in [6.07, 6.45) is 4.45. The predicted octanol–water partition coefficient (Wildman–Crippen LogP) is 1.72. The van der Waals surface area contributed by atoms with Crippen molar-refractivity contribution in [2.75, 3.05) is 6.54 Å². The number of carbonyl (C=O) groups is 1. The quantitative estimate of drug-likeness (QED) is 0.783. The predicted molar refractivity (Wildman–Crippen MR) is 63.1 cm³/mol. The Morgan fingerprint density at radius 2 is 2.35 bits per heavy atom. The van der Waals surface area contributed by atoms with E-state index < -0.39 is 0 Å². The number of furan rings is 1. The fraction of sp³-hybridized carbons (Fsp3) is 0.0833. The highest BCUT2D eigenvalue weighted by atomic mass is 16.3. The SMILES string of the molecule is N=CCNC(=O)c1ccc(-c2cccnc2)o1. The first-order chi connectivity index (χ1) is 8.31. The molecule has 0 fully saturated rings. The summed E-state index contributed by atoms with van der Waals surface area (Å²) in [5, 5.41) is 9.34. The molecular weight excluding hydrogens is 218 g/mol. The summed E-state index contributed by atoms with van der Waals surface area (Å²) in [7, 11) is 0. The van der Waals surface area contributed by atoms with E-state index in [2.05, 4.69) is 10.3 Å². The summed E-state index contributed by atoms with van der Waals surface area (Å²) >= 11 is 0. The van der Waals surface area contributed by atoms with Gasteiger partial charge in [0.05, 0.1) is 6.54 Å². The molecule has 86 valence electrons. The number of pyridine rings is 1. The molecule has 0 radical (unpaired) electrons. The summed E-state index contributed by atoms with van der Waals surface area (Å²) in [6, 6.07) is 6.97. The van der Waals surface area contributed by atoms with Crippen molar-refractivity contribution < 1.29 is 9.21 Å². The van der Waals surface area contributed by atoms with Gasteiger partial charge in [-0.15, -0.1) is 0 Å². The van der Waals surface area contributed by atoms with Gasteiger partial charge in [-0.05, 0) is 24.3 Å². The third-order valence-electron chi connectivity index (χ3n) is 2.14. The Morgan fingerprint density at radius 1 is 1.47 bits per heavy atom. The lowest BCUT2D eigenvalue weighted by molar-refractivity contribution is 0.0933. The molecule has 0 unspecified atom stereocenters. The zero-order valence-electron chi connectivity index (χ0n) is 9.01. The van der Waals surface area contributed by atoms with E-state index in [0.717, 1.165) is 11.8 Å². The molecule has 0 aliphatic carbocycles. The van der Waals surface area contributed by atoms with Gasteiger partial charge in [-0.3, -0.25) is 9.78 Å². The first kappa shape index (κ1) is 11.1. The molecular formula is C12H11N3O2. The van der Waals surface area contributed by atoms with Crippen LogP contribution < -0.4 is 5.32 Å². The van der Waals surface area contributed by atoms with Crippen LogP contribution in [-0.4, -0.2) is 23.7 Å². The third kappa shape index (κ3) is 2.57. The average molecular weight is 229 g/mol. The summed E-state index contributed by atoms with van der Waals surface area (Å²) in [5.41, 5.74) is 0.818. The normalized spacial score (nSPS) is 9.88. The van der Waals surface area contributed by atoms with E-state index in [9.17, 15) is 4.79 Å². The Morgan fingerprint density at radius 3 is 3.06 bits per heavy atom. The zero-order valence-corrected chi connectivity index (χ0v) is 9.01. The third-order valence-corrected chi connectivity index (χ3v) is 2.14. The molecule has 0 aliphatic rings.